The van der Waals surface area contributed by atoms with E-state index in [1.165, 1.54) is 4.90 Å². The maximum absolute atomic E-state index is 12.2. The average Bonchev–Trinajstić information content (AvgIpc) is 2.69. The summed E-state index contributed by atoms with van der Waals surface area (Å²) in [7, 11) is 8.05. The Morgan fingerprint density at radius 1 is 0.966 bits per heavy atom. The summed E-state index contributed by atoms with van der Waals surface area (Å²) in [6.07, 6.45) is 0.638. The van der Waals surface area contributed by atoms with Gasteiger partial charge in [0, 0.05) is 36.9 Å². The molecule has 2 aromatic rings. The van der Waals surface area contributed by atoms with Crippen molar-refractivity contribution in [3.63, 3.8) is 0 Å². The number of hydrogen-bond acceptors (Lipinski definition) is 3. The van der Waals surface area contributed by atoms with Gasteiger partial charge in [0.1, 0.15) is 6.04 Å². The minimum absolute atomic E-state index is 0.0528. The summed E-state index contributed by atoms with van der Waals surface area (Å²) in [6, 6.07) is 15.7. The van der Waals surface area contributed by atoms with Gasteiger partial charge in [-0.15, -0.1) is 0 Å². The van der Waals surface area contributed by atoms with E-state index in [0.29, 0.717) is 24.5 Å². The molecule has 0 aliphatic heterocycles. The summed E-state index contributed by atoms with van der Waals surface area (Å²) in [6.45, 7) is 0.773. The first-order chi connectivity index (χ1) is 13.8. The summed E-state index contributed by atoms with van der Waals surface area (Å²) >= 11 is 5.86. The lowest BCUT2D eigenvalue weighted by atomic mass is 10.1. The van der Waals surface area contributed by atoms with E-state index in [-0.39, 0.29) is 6.04 Å². The Hall–Kier alpha value is -2.57. The summed E-state index contributed by atoms with van der Waals surface area (Å²) in [5.41, 5.74) is 3.27. The highest BCUT2D eigenvalue weighted by Crippen LogP contribution is 2.16. The lowest BCUT2D eigenvalue weighted by molar-refractivity contribution is -0.890. The Kier molecular flexibility index (Phi) is 8.49. The molecule has 0 bridgehead atoms. The van der Waals surface area contributed by atoms with Gasteiger partial charge in [0.15, 0.2) is 0 Å². The van der Waals surface area contributed by atoms with Crippen LogP contribution in [-0.2, 0) is 16.0 Å². The van der Waals surface area contributed by atoms with Crippen LogP contribution in [0.2, 0.25) is 5.02 Å². The van der Waals surface area contributed by atoms with Gasteiger partial charge in [-0.2, -0.15) is 0 Å². The Morgan fingerprint density at radius 2 is 1.55 bits per heavy atom. The van der Waals surface area contributed by atoms with Gasteiger partial charge < -0.3 is 20.4 Å². The van der Waals surface area contributed by atoms with E-state index < -0.39 is 11.8 Å². The van der Waals surface area contributed by atoms with Crippen molar-refractivity contribution in [2.45, 2.75) is 12.5 Å². The monoisotopic (exact) mass is 417 g/mol. The molecule has 0 aromatic heterocycles. The van der Waals surface area contributed by atoms with Crippen LogP contribution in [0.5, 0.6) is 0 Å². The fourth-order valence-electron chi connectivity index (χ4n) is 2.99. The lowest BCUT2D eigenvalue weighted by Gasteiger charge is -2.23. The van der Waals surface area contributed by atoms with Gasteiger partial charge in [-0.1, -0.05) is 35.9 Å². The molecule has 2 amide bonds. The molecule has 0 unspecified atom stereocenters. The van der Waals surface area contributed by atoms with Crippen molar-refractivity contribution in [2.24, 2.45) is 0 Å². The van der Waals surface area contributed by atoms with Crippen LogP contribution in [0.1, 0.15) is 17.2 Å². The first-order valence-electron chi connectivity index (χ1n) is 9.65. The van der Waals surface area contributed by atoms with E-state index in [4.69, 9.17) is 11.6 Å². The predicted molar refractivity (Wildman–Crippen MR) is 117 cm³/mol. The molecular formula is C22H30ClN4O2+. The molecule has 0 heterocycles. The zero-order valence-corrected chi connectivity index (χ0v) is 18.2. The van der Waals surface area contributed by atoms with E-state index in [1.807, 2.05) is 45.2 Å². The first kappa shape index (κ1) is 22.7. The van der Waals surface area contributed by atoms with Crippen LogP contribution >= 0.6 is 11.6 Å². The second-order valence-corrected chi connectivity index (χ2v) is 7.89. The third-order valence-electron chi connectivity index (χ3n) is 4.79. The van der Waals surface area contributed by atoms with Crippen LogP contribution < -0.4 is 20.4 Å². The second kappa shape index (κ2) is 10.8. The summed E-state index contributed by atoms with van der Waals surface area (Å²) < 4.78 is 0. The summed E-state index contributed by atoms with van der Waals surface area (Å²) in [4.78, 5) is 27.5. The highest BCUT2D eigenvalue weighted by molar-refractivity contribution is 6.35. The SMILES string of the molecule is CN(C)c1ccc([C@H](CNC(=O)C(=O)NCCc2ccc(Cl)cc2)[NH+](C)C)cc1. The maximum Gasteiger partial charge on any atom is 0.309 e. The fraction of sp³-hybridized carbons (Fsp3) is 0.364. The van der Waals surface area contributed by atoms with E-state index in [1.54, 1.807) is 12.1 Å². The Labute approximate surface area is 177 Å². The van der Waals surface area contributed by atoms with Gasteiger partial charge in [0.2, 0.25) is 0 Å². The molecule has 2 rings (SSSR count). The van der Waals surface area contributed by atoms with Crippen molar-refractivity contribution in [1.82, 2.24) is 10.6 Å². The van der Waals surface area contributed by atoms with Crippen molar-refractivity contribution in [2.75, 3.05) is 46.2 Å². The number of rotatable bonds is 8. The molecule has 7 heteroatoms. The van der Waals surface area contributed by atoms with Gasteiger partial charge >= 0.3 is 11.8 Å². The summed E-state index contributed by atoms with van der Waals surface area (Å²) in [5, 5.41) is 6.09. The molecule has 3 N–H and O–H groups in total. The molecule has 0 saturated heterocycles. The number of quaternary nitrogens is 1. The van der Waals surface area contributed by atoms with Gasteiger partial charge in [-0.05, 0) is 36.2 Å². The topological polar surface area (TPSA) is 65.9 Å². The Morgan fingerprint density at radius 3 is 2.10 bits per heavy atom. The van der Waals surface area contributed by atoms with E-state index >= 15 is 0 Å². The normalized spacial score (nSPS) is 11.8. The summed E-state index contributed by atoms with van der Waals surface area (Å²) in [5.74, 6) is -1.23. The fourth-order valence-corrected chi connectivity index (χ4v) is 3.11. The van der Waals surface area contributed by atoms with Gasteiger partial charge in [0.25, 0.3) is 0 Å². The predicted octanol–water partition coefficient (Wildman–Crippen LogP) is 1.07. The number of anilines is 1. The standard InChI is InChI=1S/C22H29ClN4O2/c1-26(2)19-11-7-17(8-12-19)20(27(3)4)15-25-22(29)21(28)24-14-13-16-5-9-18(23)10-6-16/h5-12,20H,13-15H2,1-4H3,(H,24,28)(H,25,29)/p+1/t20-/m0/s1. The number of benzene rings is 2. The smallest absolute Gasteiger partial charge is 0.309 e. The highest BCUT2D eigenvalue weighted by Gasteiger charge is 2.21. The Balaban J connectivity index is 1.84. The third-order valence-corrected chi connectivity index (χ3v) is 5.05. The molecule has 0 saturated carbocycles. The molecule has 156 valence electrons. The van der Waals surface area contributed by atoms with Gasteiger partial charge in [0.05, 0.1) is 20.6 Å². The van der Waals surface area contributed by atoms with Gasteiger partial charge in [-0.3, -0.25) is 9.59 Å². The van der Waals surface area contributed by atoms with Crippen molar-refractivity contribution in [3.05, 3.63) is 64.7 Å². The number of likely N-dealkylation sites (N-methyl/N-ethyl adjacent to an activating group) is 1. The average molecular weight is 418 g/mol. The van der Waals surface area contributed by atoms with Crippen molar-refractivity contribution >= 4 is 29.1 Å². The van der Waals surface area contributed by atoms with Gasteiger partial charge in [-0.25, -0.2) is 0 Å². The molecule has 6 nitrogen and oxygen atoms in total. The number of amides is 2. The van der Waals surface area contributed by atoms with Crippen molar-refractivity contribution in [3.8, 4) is 0 Å². The molecule has 0 spiro atoms. The zero-order valence-electron chi connectivity index (χ0n) is 17.5. The van der Waals surface area contributed by atoms with Crippen LogP contribution in [0.15, 0.2) is 48.5 Å². The first-order valence-corrected chi connectivity index (χ1v) is 10.0. The van der Waals surface area contributed by atoms with Crippen LogP contribution in [0.3, 0.4) is 0 Å². The zero-order chi connectivity index (χ0) is 21.4. The number of hydrogen-bond donors (Lipinski definition) is 3. The largest absolute Gasteiger partial charge is 0.378 e. The molecule has 0 aliphatic carbocycles. The molecule has 0 fully saturated rings. The molecule has 1 atom stereocenters. The van der Waals surface area contributed by atoms with Crippen LogP contribution in [0.25, 0.3) is 0 Å². The van der Waals surface area contributed by atoms with Crippen LogP contribution in [0.4, 0.5) is 5.69 Å². The minimum Gasteiger partial charge on any atom is -0.378 e. The minimum atomic E-state index is -0.616. The maximum atomic E-state index is 12.2. The number of nitrogens with one attached hydrogen (secondary N) is 3. The molecule has 0 aliphatic rings. The third kappa shape index (κ3) is 7.07. The molecular weight excluding hydrogens is 388 g/mol. The molecule has 29 heavy (non-hydrogen) atoms. The quantitative estimate of drug-likeness (QED) is 0.563. The lowest BCUT2D eigenvalue weighted by Crippen LogP contribution is -3.07. The molecule has 0 radical (unpaired) electrons. The van der Waals surface area contributed by atoms with Crippen LogP contribution in [0, 0.1) is 0 Å². The van der Waals surface area contributed by atoms with E-state index in [2.05, 4.69) is 34.9 Å². The second-order valence-electron chi connectivity index (χ2n) is 7.46. The molecule has 2 aromatic carbocycles. The Bertz CT molecular complexity index is 805. The van der Waals surface area contributed by atoms with E-state index in [9.17, 15) is 9.59 Å². The van der Waals surface area contributed by atoms with Crippen LogP contribution in [-0.4, -0.2) is 53.1 Å². The van der Waals surface area contributed by atoms with E-state index in [0.717, 1.165) is 16.8 Å². The van der Waals surface area contributed by atoms with Crippen molar-refractivity contribution in [1.29, 1.82) is 0 Å². The number of halogens is 1. The highest BCUT2D eigenvalue weighted by atomic mass is 35.5. The number of carbonyl (C=O) groups excluding carboxylic acids is 2. The number of nitrogens with zero attached hydrogens (tertiary/aromatic N) is 1. The number of carbonyl (C=O) groups is 2. The van der Waals surface area contributed by atoms with Crippen molar-refractivity contribution < 1.29 is 14.5 Å².